The van der Waals surface area contributed by atoms with Crippen molar-refractivity contribution in [3.8, 4) is 0 Å². The van der Waals surface area contributed by atoms with Crippen LogP contribution >= 0.6 is 50.2 Å². The Morgan fingerprint density at radius 2 is 2.05 bits per heavy atom. The van der Waals surface area contributed by atoms with Gasteiger partial charge in [0.15, 0.2) is 0 Å². The lowest BCUT2D eigenvalue weighted by Gasteiger charge is -2.01. The Kier molecular flexibility index (Phi) is 4.24. The van der Waals surface area contributed by atoms with Gasteiger partial charge >= 0.3 is 0 Å². The monoisotopic (exact) mass is 371 g/mol. The Labute approximate surface area is 133 Å². The third-order valence-corrected chi connectivity index (χ3v) is 6.22. The molecule has 0 atom stereocenters. The van der Waals surface area contributed by atoms with Gasteiger partial charge in [-0.05, 0) is 28.1 Å². The van der Waals surface area contributed by atoms with E-state index in [1.54, 1.807) is 22.7 Å². The molecule has 98 valence electrons. The van der Waals surface area contributed by atoms with Crippen LogP contribution in [0.3, 0.4) is 0 Å². The molecule has 0 saturated carbocycles. The lowest BCUT2D eigenvalue weighted by Crippen LogP contribution is -2.10. The summed E-state index contributed by atoms with van der Waals surface area (Å²) in [7, 11) is 0. The normalized spacial score (nSPS) is 11.3. The van der Waals surface area contributed by atoms with Gasteiger partial charge in [0, 0.05) is 42.8 Å². The Morgan fingerprint density at radius 1 is 1.21 bits per heavy atom. The summed E-state index contributed by atoms with van der Waals surface area (Å²) < 4.78 is 2.40. The van der Waals surface area contributed by atoms with Crippen LogP contribution in [0.2, 0.25) is 5.02 Å². The number of hydrogen-bond acceptors (Lipinski definition) is 3. The highest BCUT2D eigenvalue weighted by Gasteiger charge is 2.09. The first-order valence-electron chi connectivity index (χ1n) is 5.83. The molecule has 19 heavy (non-hydrogen) atoms. The van der Waals surface area contributed by atoms with Crippen LogP contribution in [0.1, 0.15) is 9.75 Å². The fourth-order valence-electron chi connectivity index (χ4n) is 1.92. The summed E-state index contributed by atoms with van der Waals surface area (Å²) in [6.45, 7) is 1.69. The third-order valence-electron chi connectivity index (χ3n) is 2.81. The highest BCUT2D eigenvalue weighted by molar-refractivity contribution is 9.10. The molecule has 0 saturated heterocycles. The summed E-state index contributed by atoms with van der Waals surface area (Å²) >= 11 is 13.4. The average Bonchev–Trinajstić information content (AvgIpc) is 2.96. The van der Waals surface area contributed by atoms with Gasteiger partial charge in [-0.2, -0.15) is 0 Å². The van der Waals surface area contributed by atoms with Crippen LogP contribution in [0.25, 0.3) is 10.1 Å². The zero-order valence-corrected chi connectivity index (χ0v) is 13.9. The number of hydrogen-bond donors (Lipinski definition) is 1. The van der Waals surface area contributed by atoms with Crippen molar-refractivity contribution in [1.82, 2.24) is 5.32 Å². The fourth-order valence-corrected chi connectivity index (χ4v) is 4.81. The third kappa shape index (κ3) is 3.03. The zero-order chi connectivity index (χ0) is 13.2. The first kappa shape index (κ1) is 13.6. The minimum atomic E-state index is 0.813. The molecule has 2 heterocycles. The van der Waals surface area contributed by atoms with E-state index in [9.17, 15) is 0 Å². The van der Waals surface area contributed by atoms with Gasteiger partial charge in [-0.15, -0.1) is 22.7 Å². The van der Waals surface area contributed by atoms with Crippen LogP contribution in [0.5, 0.6) is 0 Å². The number of thiophene rings is 2. The van der Waals surface area contributed by atoms with E-state index in [4.69, 9.17) is 11.6 Å². The van der Waals surface area contributed by atoms with Gasteiger partial charge in [0.2, 0.25) is 0 Å². The van der Waals surface area contributed by atoms with Crippen molar-refractivity contribution < 1.29 is 0 Å². The molecule has 0 radical (unpaired) electrons. The summed E-state index contributed by atoms with van der Waals surface area (Å²) in [5.74, 6) is 0. The summed E-state index contributed by atoms with van der Waals surface area (Å²) in [6, 6.07) is 10.4. The Hall–Kier alpha value is -0.390. The second kappa shape index (κ2) is 5.94. The van der Waals surface area contributed by atoms with Crippen LogP contribution in [-0.4, -0.2) is 0 Å². The number of rotatable bonds is 4. The quantitative estimate of drug-likeness (QED) is 0.622. The van der Waals surface area contributed by atoms with Crippen molar-refractivity contribution in [2.24, 2.45) is 0 Å². The Balaban J connectivity index is 1.70. The minimum Gasteiger partial charge on any atom is -0.307 e. The molecular weight excluding hydrogens is 362 g/mol. The predicted octanol–water partition coefficient (Wildman–Crippen LogP) is 5.67. The first-order valence-corrected chi connectivity index (χ1v) is 8.70. The standard InChI is InChI=1S/C14H11BrClNS2/c15-9-5-10(18-8-9)6-17-7-13-14(16)11-3-1-2-4-12(11)19-13/h1-5,8,17H,6-7H2. The van der Waals surface area contributed by atoms with E-state index in [0.29, 0.717) is 0 Å². The second-order valence-electron chi connectivity index (χ2n) is 4.17. The topological polar surface area (TPSA) is 12.0 Å². The van der Waals surface area contributed by atoms with Gasteiger partial charge in [-0.1, -0.05) is 29.8 Å². The van der Waals surface area contributed by atoms with Crippen LogP contribution in [0.4, 0.5) is 0 Å². The highest BCUT2D eigenvalue weighted by atomic mass is 79.9. The smallest absolute Gasteiger partial charge is 0.0636 e. The van der Waals surface area contributed by atoms with Crippen LogP contribution in [0, 0.1) is 0 Å². The van der Waals surface area contributed by atoms with Gasteiger partial charge in [0.1, 0.15) is 0 Å². The van der Waals surface area contributed by atoms with Crippen molar-refractivity contribution in [2.75, 3.05) is 0 Å². The summed E-state index contributed by atoms with van der Waals surface area (Å²) in [5.41, 5.74) is 0. The lowest BCUT2D eigenvalue weighted by molar-refractivity contribution is 0.709. The van der Waals surface area contributed by atoms with E-state index in [0.717, 1.165) is 28.0 Å². The molecule has 1 nitrogen and oxygen atoms in total. The van der Waals surface area contributed by atoms with E-state index in [2.05, 4.69) is 50.9 Å². The highest BCUT2D eigenvalue weighted by Crippen LogP contribution is 2.35. The second-order valence-corrected chi connectivity index (χ2v) is 7.60. The van der Waals surface area contributed by atoms with E-state index >= 15 is 0 Å². The SMILES string of the molecule is Clc1c(CNCc2cc(Br)cs2)sc2ccccc12. The van der Waals surface area contributed by atoms with Crippen molar-refractivity contribution in [1.29, 1.82) is 0 Å². The molecule has 3 aromatic rings. The number of benzene rings is 1. The lowest BCUT2D eigenvalue weighted by atomic mass is 10.2. The van der Waals surface area contributed by atoms with Crippen molar-refractivity contribution in [2.45, 2.75) is 13.1 Å². The van der Waals surface area contributed by atoms with Gasteiger partial charge < -0.3 is 5.32 Å². The van der Waals surface area contributed by atoms with Gasteiger partial charge in [0.05, 0.1) is 5.02 Å². The molecular formula is C14H11BrClNS2. The maximum absolute atomic E-state index is 6.41. The molecule has 1 N–H and O–H groups in total. The molecule has 0 aliphatic heterocycles. The molecule has 1 aromatic carbocycles. The van der Waals surface area contributed by atoms with Crippen molar-refractivity contribution in [3.05, 3.63) is 55.0 Å². The van der Waals surface area contributed by atoms with Gasteiger partial charge in [-0.25, -0.2) is 0 Å². The largest absolute Gasteiger partial charge is 0.307 e. The molecule has 0 fully saturated rings. The summed E-state index contributed by atoms with van der Waals surface area (Å²) in [6.07, 6.45) is 0. The van der Waals surface area contributed by atoms with Crippen molar-refractivity contribution in [3.63, 3.8) is 0 Å². The molecule has 5 heteroatoms. The van der Waals surface area contributed by atoms with E-state index < -0.39 is 0 Å². The zero-order valence-electron chi connectivity index (χ0n) is 9.95. The van der Waals surface area contributed by atoms with Crippen LogP contribution in [-0.2, 0) is 13.1 Å². The molecule has 2 aromatic heterocycles. The average molecular weight is 373 g/mol. The molecule has 0 unspecified atom stereocenters. The van der Waals surface area contributed by atoms with Crippen molar-refractivity contribution >= 4 is 60.3 Å². The molecule has 0 spiro atoms. The Morgan fingerprint density at radius 3 is 2.79 bits per heavy atom. The first-order chi connectivity index (χ1) is 9.24. The molecule has 0 bridgehead atoms. The van der Waals surface area contributed by atoms with Gasteiger partial charge in [0.25, 0.3) is 0 Å². The summed E-state index contributed by atoms with van der Waals surface area (Å²) in [5, 5.41) is 7.60. The molecule has 0 aliphatic rings. The fraction of sp³-hybridized carbons (Fsp3) is 0.143. The van der Waals surface area contributed by atoms with Gasteiger partial charge in [-0.3, -0.25) is 0 Å². The summed E-state index contributed by atoms with van der Waals surface area (Å²) in [4.78, 5) is 2.53. The maximum Gasteiger partial charge on any atom is 0.0636 e. The number of nitrogens with one attached hydrogen (secondary N) is 1. The molecule has 0 aliphatic carbocycles. The molecule has 3 rings (SSSR count). The Bertz CT molecular complexity index is 704. The predicted molar refractivity (Wildman–Crippen MR) is 89.4 cm³/mol. The number of fused-ring (bicyclic) bond motifs is 1. The number of halogens is 2. The van der Waals surface area contributed by atoms with E-state index in [-0.39, 0.29) is 0 Å². The maximum atomic E-state index is 6.41. The van der Waals surface area contributed by atoms with E-state index in [1.807, 2.05) is 6.07 Å². The van der Waals surface area contributed by atoms with Crippen LogP contribution < -0.4 is 5.32 Å². The minimum absolute atomic E-state index is 0.813. The van der Waals surface area contributed by atoms with E-state index in [1.165, 1.54) is 14.5 Å². The van der Waals surface area contributed by atoms with Crippen LogP contribution in [0.15, 0.2) is 40.2 Å². The molecule has 0 amide bonds.